The molecule has 12 heteroatoms. The molecule has 0 saturated heterocycles. The zero-order chi connectivity index (χ0) is 33.4. The highest BCUT2D eigenvalue weighted by Gasteiger charge is 2.20. The number of primary amides is 1. The number of nitrogens with one attached hydrogen (secondary N) is 1. The zero-order valence-corrected chi connectivity index (χ0v) is 28.5. The van der Waals surface area contributed by atoms with Crippen LogP contribution in [-0.4, -0.2) is 67.1 Å². The topological polar surface area (TPSA) is 141 Å². The first kappa shape index (κ1) is 34.7. The Morgan fingerprint density at radius 3 is 2.41 bits per heavy atom. The number of fused-ring (bicyclic) bond motifs is 1. The van der Waals surface area contributed by atoms with Gasteiger partial charge in [-0.05, 0) is 89.4 Å². The van der Waals surface area contributed by atoms with E-state index in [0.29, 0.717) is 31.1 Å². The number of nitrogens with two attached hydrogens (primary N) is 1. The summed E-state index contributed by atoms with van der Waals surface area (Å²) < 4.78 is 19.0. The van der Waals surface area contributed by atoms with Crippen molar-refractivity contribution in [2.24, 2.45) is 5.73 Å². The Balaban J connectivity index is 1.63. The summed E-state index contributed by atoms with van der Waals surface area (Å²) in [6, 6.07) is 17.7. The molecule has 0 aliphatic heterocycles. The molecule has 0 aliphatic carbocycles. The van der Waals surface area contributed by atoms with Gasteiger partial charge in [-0.25, -0.2) is 4.98 Å². The van der Waals surface area contributed by atoms with Crippen molar-refractivity contribution >= 4 is 44.5 Å². The van der Waals surface area contributed by atoms with Crippen molar-refractivity contribution in [3.8, 4) is 22.9 Å². The molecule has 1 atom stereocenters. The highest BCUT2D eigenvalue weighted by atomic mass is 79.9. The van der Waals surface area contributed by atoms with Gasteiger partial charge in [-0.1, -0.05) is 6.07 Å². The van der Waals surface area contributed by atoms with E-state index >= 15 is 0 Å². The standard InChI is InChI=1S/C34H42BrN5O6/c1-21(2)40-30-11-8-25(28(19-32(36)43)37-20-23-16-27(35)33(45-5)31(17-23)44-4)18-29(30)38-34(40)24-6-9-26(10-7-24)39(12-14-41)13-15-46-22(3)42/h6-11,16-18,21,28,37,41H,12-15,19-20H2,1-5H3,(H2,36,43). The number of carbonyl (C=O) groups excluding carboxylic acids is 2. The molecule has 0 aliphatic rings. The fraction of sp³-hybridized carbons (Fsp3) is 0.382. The Kier molecular flexibility index (Phi) is 12.0. The number of amides is 1. The molecule has 0 spiro atoms. The van der Waals surface area contributed by atoms with Gasteiger partial charge in [0.15, 0.2) is 11.5 Å². The Morgan fingerprint density at radius 2 is 1.80 bits per heavy atom. The summed E-state index contributed by atoms with van der Waals surface area (Å²) in [5.41, 5.74) is 11.1. The molecule has 4 aromatic rings. The van der Waals surface area contributed by atoms with E-state index in [1.165, 1.54) is 6.92 Å². The number of aromatic nitrogens is 2. The molecule has 0 fully saturated rings. The molecular weight excluding hydrogens is 654 g/mol. The van der Waals surface area contributed by atoms with Gasteiger partial charge < -0.3 is 39.8 Å². The van der Waals surface area contributed by atoms with Crippen molar-refractivity contribution in [3.63, 3.8) is 0 Å². The summed E-state index contributed by atoms with van der Waals surface area (Å²) in [7, 11) is 3.18. The second-order valence-electron chi connectivity index (χ2n) is 11.2. The average molecular weight is 697 g/mol. The predicted molar refractivity (Wildman–Crippen MR) is 182 cm³/mol. The largest absolute Gasteiger partial charge is 0.493 e. The summed E-state index contributed by atoms with van der Waals surface area (Å²) in [4.78, 5) is 30.3. The molecule has 0 saturated carbocycles. The highest BCUT2D eigenvalue weighted by Crippen LogP contribution is 2.37. The number of halogens is 1. The van der Waals surface area contributed by atoms with Gasteiger partial charge in [-0.2, -0.15) is 0 Å². The fourth-order valence-corrected chi connectivity index (χ4v) is 6.15. The van der Waals surface area contributed by atoms with Gasteiger partial charge in [0.05, 0.1) is 42.9 Å². The number of anilines is 1. The van der Waals surface area contributed by atoms with Gasteiger partial charge in [0.25, 0.3) is 0 Å². The lowest BCUT2D eigenvalue weighted by Gasteiger charge is -2.24. The number of aliphatic hydroxyl groups excluding tert-OH is 1. The third kappa shape index (κ3) is 8.36. The number of aliphatic hydroxyl groups is 1. The molecule has 46 heavy (non-hydrogen) atoms. The molecule has 1 amide bonds. The van der Waals surface area contributed by atoms with Gasteiger partial charge in [-0.15, -0.1) is 0 Å². The number of hydrogen-bond acceptors (Lipinski definition) is 9. The van der Waals surface area contributed by atoms with E-state index < -0.39 is 5.91 Å². The van der Waals surface area contributed by atoms with Crippen LogP contribution in [0.25, 0.3) is 22.4 Å². The number of benzene rings is 3. The first-order valence-electron chi connectivity index (χ1n) is 15.1. The quantitative estimate of drug-likeness (QED) is 0.136. The van der Waals surface area contributed by atoms with Gasteiger partial charge in [-0.3, -0.25) is 9.59 Å². The van der Waals surface area contributed by atoms with Crippen LogP contribution < -0.4 is 25.4 Å². The van der Waals surface area contributed by atoms with Crippen LogP contribution in [0.3, 0.4) is 0 Å². The third-order valence-corrected chi connectivity index (χ3v) is 8.20. The SMILES string of the molecule is COc1cc(CNC(CC(N)=O)c2ccc3c(c2)nc(-c2ccc(N(CCO)CCOC(C)=O)cc2)n3C(C)C)cc(Br)c1OC. The monoisotopic (exact) mass is 695 g/mol. The maximum Gasteiger partial charge on any atom is 0.302 e. The molecule has 1 unspecified atom stereocenters. The second kappa shape index (κ2) is 15.9. The van der Waals surface area contributed by atoms with E-state index in [1.807, 2.05) is 59.5 Å². The van der Waals surface area contributed by atoms with Crippen molar-refractivity contribution in [2.75, 3.05) is 45.4 Å². The number of hydrogen-bond donors (Lipinski definition) is 3. The van der Waals surface area contributed by atoms with Crippen LogP contribution in [-0.2, 0) is 20.9 Å². The minimum absolute atomic E-state index is 0.0231. The van der Waals surface area contributed by atoms with Crippen LogP contribution in [0.4, 0.5) is 5.69 Å². The van der Waals surface area contributed by atoms with E-state index in [-0.39, 0.29) is 37.7 Å². The molecule has 0 bridgehead atoms. The number of esters is 1. The van der Waals surface area contributed by atoms with Crippen molar-refractivity contribution in [1.29, 1.82) is 0 Å². The zero-order valence-electron chi connectivity index (χ0n) is 26.9. The van der Waals surface area contributed by atoms with Gasteiger partial charge >= 0.3 is 5.97 Å². The number of ether oxygens (including phenoxy) is 3. The van der Waals surface area contributed by atoms with Gasteiger partial charge in [0, 0.05) is 49.8 Å². The Bertz CT molecular complexity index is 1660. The van der Waals surface area contributed by atoms with Crippen LogP contribution in [0.2, 0.25) is 0 Å². The van der Waals surface area contributed by atoms with E-state index in [2.05, 4.69) is 39.7 Å². The smallest absolute Gasteiger partial charge is 0.302 e. The number of methoxy groups -OCH3 is 2. The molecule has 246 valence electrons. The molecular formula is C34H42BrN5O6. The first-order valence-corrected chi connectivity index (χ1v) is 15.9. The van der Waals surface area contributed by atoms with Crippen LogP contribution in [0.15, 0.2) is 59.1 Å². The normalized spacial score (nSPS) is 11.9. The summed E-state index contributed by atoms with van der Waals surface area (Å²) >= 11 is 3.54. The molecule has 3 aromatic carbocycles. The second-order valence-corrected chi connectivity index (χ2v) is 12.0. The lowest BCUT2D eigenvalue weighted by molar-refractivity contribution is -0.140. The van der Waals surface area contributed by atoms with Crippen LogP contribution in [0.1, 0.15) is 50.4 Å². The molecule has 0 radical (unpaired) electrons. The van der Waals surface area contributed by atoms with E-state index in [0.717, 1.165) is 43.7 Å². The number of imidazole rings is 1. The number of nitrogens with zero attached hydrogens (tertiary/aromatic N) is 3. The first-order chi connectivity index (χ1) is 22.1. The summed E-state index contributed by atoms with van der Waals surface area (Å²) in [5.74, 6) is 1.28. The van der Waals surface area contributed by atoms with Crippen molar-refractivity contribution < 1.29 is 28.9 Å². The van der Waals surface area contributed by atoms with Gasteiger partial charge in [0.2, 0.25) is 5.91 Å². The van der Waals surface area contributed by atoms with Crippen LogP contribution in [0.5, 0.6) is 11.5 Å². The fourth-order valence-electron chi connectivity index (χ4n) is 5.49. The summed E-state index contributed by atoms with van der Waals surface area (Å²) in [6.07, 6.45) is 0.112. The molecule has 4 N–H and O–H groups in total. The maximum absolute atomic E-state index is 12.1. The van der Waals surface area contributed by atoms with Crippen molar-refractivity contribution in [1.82, 2.24) is 14.9 Å². The Labute approximate surface area is 277 Å². The number of carbonyl (C=O) groups is 2. The van der Waals surface area contributed by atoms with Crippen molar-refractivity contribution in [2.45, 2.75) is 45.8 Å². The Morgan fingerprint density at radius 1 is 1.07 bits per heavy atom. The Hall–Kier alpha value is -4.13. The third-order valence-electron chi connectivity index (χ3n) is 7.61. The minimum Gasteiger partial charge on any atom is -0.493 e. The number of rotatable bonds is 16. The molecule has 1 heterocycles. The van der Waals surface area contributed by atoms with E-state index in [1.54, 1.807) is 14.2 Å². The van der Waals surface area contributed by atoms with E-state index in [4.69, 9.17) is 24.9 Å². The average Bonchev–Trinajstić information content (AvgIpc) is 3.41. The van der Waals surface area contributed by atoms with Crippen LogP contribution >= 0.6 is 15.9 Å². The van der Waals surface area contributed by atoms with Crippen molar-refractivity contribution in [3.05, 3.63) is 70.2 Å². The minimum atomic E-state index is -0.414. The summed E-state index contributed by atoms with van der Waals surface area (Å²) in [5, 5.41) is 13.1. The lowest BCUT2D eigenvalue weighted by Crippen LogP contribution is -2.30. The van der Waals surface area contributed by atoms with Crippen LogP contribution in [0, 0.1) is 0 Å². The van der Waals surface area contributed by atoms with E-state index in [9.17, 15) is 14.7 Å². The maximum atomic E-state index is 12.1. The highest BCUT2D eigenvalue weighted by molar-refractivity contribution is 9.10. The summed E-state index contributed by atoms with van der Waals surface area (Å²) in [6.45, 7) is 7.16. The molecule has 1 aromatic heterocycles. The van der Waals surface area contributed by atoms with Gasteiger partial charge in [0.1, 0.15) is 12.4 Å². The molecule has 4 rings (SSSR count). The predicted octanol–water partition coefficient (Wildman–Crippen LogP) is 5.13. The molecule has 11 nitrogen and oxygen atoms in total. The lowest BCUT2D eigenvalue weighted by atomic mass is 10.0.